The molecule has 0 saturated carbocycles. The summed E-state index contributed by atoms with van der Waals surface area (Å²) in [4.78, 5) is 0. The van der Waals surface area contributed by atoms with Crippen molar-refractivity contribution in [2.24, 2.45) is 5.41 Å². The van der Waals surface area contributed by atoms with Gasteiger partial charge in [-0.15, -0.1) is 0 Å². The second-order valence-corrected chi connectivity index (χ2v) is 8.33. The molecule has 0 aliphatic carbocycles. The van der Waals surface area contributed by atoms with Gasteiger partial charge in [0.1, 0.15) is 0 Å². The number of piperidine rings is 1. The molecule has 0 aromatic rings. The predicted octanol–water partition coefficient (Wildman–Crippen LogP) is 1.87. The molecular formula is C13H28N2O2S. The molecule has 1 aliphatic heterocycles. The SMILES string of the molecule is CC(NS(=O)(=O)CCC1CCCCN1)C(C)(C)C. The Hall–Kier alpha value is -0.130. The number of nitrogens with one attached hydrogen (secondary N) is 2. The minimum absolute atomic E-state index is 0.0400. The fourth-order valence-corrected chi connectivity index (χ4v) is 3.58. The largest absolute Gasteiger partial charge is 0.314 e. The molecule has 2 atom stereocenters. The summed E-state index contributed by atoms with van der Waals surface area (Å²) >= 11 is 0. The smallest absolute Gasteiger partial charge is 0.211 e. The van der Waals surface area contributed by atoms with Gasteiger partial charge in [0.25, 0.3) is 0 Å². The topological polar surface area (TPSA) is 58.2 Å². The molecule has 0 aromatic carbocycles. The zero-order valence-corrected chi connectivity index (χ0v) is 12.9. The van der Waals surface area contributed by atoms with Gasteiger partial charge in [0.05, 0.1) is 5.75 Å². The van der Waals surface area contributed by atoms with Crippen LogP contribution in [0.3, 0.4) is 0 Å². The highest BCUT2D eigenvalue weighted by atomic mass is 32.2. The normalized spacial score (nSPS) is 23.9. The highest BCUT2D eigenvalue weighted by molar-refractivity contribution is 7.89. The van der Waals surface area contributed by atoms with E-state index >= 15 is 0 Å². The predicted molar refractivity (Wildman–Crippen MR) is 76.1 cm³/mol. The highest BCUT2D eigenvalue weighted by Gasteiger charge is 2.25. The molecule has 1 rings (SSSR count). The number of hydrogen-bond donors (Lipinski definition) is 2. The van der Waals surface area contributed by atoms with Gasteiger partial charge in [-0.05, 0) is 38.1 Å². The van der Waals surface area contributed by atoms with E-state index in [0.29, 0.717) is 12.5 Å². The van der Waals surface area contributed by atoms with Crippen molar-refractivity contribution in [3.8, 4) is 0 Å². The first kappa shape index (κ1) is 15.9. The van der Waals surface area contributed by atoms with Gasteiger partial charge >= 0.3 is 0 Å². The summed E-state index contributed by atoms with van der Waals surface area (Å²) in [5.74, 6) is 0.227. The van der Waals surface area contributed by atoms with Crippen LogP contribution in [0.15, 0.2) is 0 Å². The van der Waals surface area contributed by atoms with E-state index in [1.54, 1.807) is 0 Å². The maximum atomic E-state index is 12.0. The van der Waals surface area contributed by atoms with Crippen molar-refractivity contribution < 1.29 is 8.42 Å². The third kappa shape index (κ3) is 5.67. The van der Waals surface area contributed by atoms with Crippen LogP contribution in [0.5, 0.6) is 0 Å². The van der Waals surface area contributed by atoms with E-state index in [4.69, 9.17) is 0 Å². The highest BCUT2D eigenvalue weighted by Crippen LogP contribution is 2.19. The van der Waals surface area contributed by atoms with Crippen molar-refractivity contribution in [1.82, 2.24) is 10.0 Å². The molecule has 1 saturated heterocycles. The van der Waals surface area contributed by atoms with Crippen molar-refractivity contribution in [1.29, 1.82) is 0 Å². The fraction of sp³-hybridized carbons (Fsp3) is 1.00. The van der Waals surface area contributed by atoms with E-state index in [0.717, 1.165) is 13.0 Å². The molecule has 0 bridgehead atoms. The summed E-state index contributed by atoms with van der Waals surface area (Å²) in [5, 5.41) is 3.38. The molecule has 1 aliphatic rings. The Morgan fingerprint density at radius 3 is 2.50 bits per heavy atom. The first-order valence-electron chi connectivity index (χ1n) is 6.94. The van der Waals surface area contributed by atoms with Crippen LogP contribution in [-0.4, -0.2) is 32.8 Å². The molecule has 0 aromatic heterocycles. The van der Waals surface area contributed by atoms with Crippen LogP contribution in [0.1, 0.15) is 53.4 Å². The molecule has 1 heterocycles. The number of hydrogen-bond acceptors (Lipinski definition) is 3. The minimum Gasteiger partial charge on any atom is -0.314 e. The van der Waals surface area contributed by atoms with Gasteiger partial charge in [-0.2, -0.15) is 0 Å². The second kappa shape index (κ2) is 6.35. The molecule has 4 nitrogen and oxygen atoms in total. The zero-order chi connectivity index (χ0) is 13.8. The summed E-state index contributed by atoms with van der Waals surface area (Å²) in [5.41, 5.74) is -0.0455. The average Bonchev–Trinajstić information content (AvgIpc) is 2.26. The Bertz CT molecular complexity index is 340. The first-order chi connectivity index (χ1) is 8.21. The van der Waals surface area contributed by atoms with Crippen LogP contribution in [0.4, 0.5) is 0 Å². The van der Waals surface area contributed by atoms with Gasteiger partial charge in [0, 0.05) is 12.1 Å². The van der Waals surface area contributed by atoms with Crippen molar-refractivity contribution in [3.63, 3.8) is 0 Å². The Balaban J connectivity index is 2.39. The summed E-state index contributed by atoms with van der Waals surface area (Å²) in [7, 11) is -3.15. The molecule has 0 radical (unpaired) electrons. The van der Waals surface area contributed by atoms with Crippen molar-refractivity contribution in [2.45, 2.75) is 65.5 Å². The average molecular weight is 276 g/mol. The van der Waals surface area contributed by atoms with Crippen molar-refractivity contribution in [2.75, 3.05) is 12.3 Å². The van der Waals surface area contributed by atoms with Gasteiger partial charge in [-0.1, -0.05) is 27.2 Å². The molecule has 5 heteroatoms. The summed E-state index contributed by atoms with van der Waals surface area (Å²) < 4.78 is 26.8. The van der Waals surface area contributed by atoms with Crippen LogP contribution in [0.2, 0.25) is 0 Å². The van der Waals surface area contributed by atoms with Crippen molar-refractivity contribution >= 4 is 10.0 Å². The van der Waals surface area contributed by atoms with E-state index in [9.17, 15) is 8.42 Å². The second-order valence-electron chi connectivity index (χ2n) is 6.46. The molecule has 108 valence electrons. The molecular weight excluding hydrogens is 248 g/mol. The van der Waals surface area contributed by atoms with Crippen LogP contribution in [-0.2, 0) is 10.0 Å². The third-order valence-electron chi connectivity index (χ3n) is 3.80. The zero-order valence-electron chi connectivity index (χ0n) is 12.1. The maximum absolute atomic E-state index is 12.0. The minimum atomic E-state index is -3.15. The van der Waals surface area contributed by atoms with Gasteiger partial charge in [0.15, 0.2) is 0 Å². The summed E-state index contributed by atoms with van der Waals surface area (Å²) in [6.45, 7) is 9.08. The molecule has 2 unspecified atom stereocenters. The monoisotopic (exact) mass is 276 g/mol. The van der Waals surface area contributed by atoms with E-state index in [1.165, 1.54) is 12.8 Å². The Kier molecular flexibility index (Phi) is 5.62. The van der Waals surface area contributed by atoms with E-state index in [2.05, 4.69) is 10.0 Å². The molecule has 1 fully saturated rings. The van der Waals surface area contributed by atoms with E-state index < -0.39 is 10.0 Å². The van der Waals surface area contributed by atoms with Crippen LogP contribution in [0, 0.1) is 5.41 Å². The summed E-state index contributed by atoms with van der Waals surface area (Å²) in [6, 6.07) is 0.335. The molecule has 2 N–H and O–H groups in total. The Labute approximate surface area is 112 Å². The standard InChI is InChI=1S/C13H28N2O2S/c1-11(13(2,3)4)15-18(16,17)10-8-12-7-5-6-9-14-12/h11-12,14-15H,5-10H2,1-4H3. The first-order valence-corrected chi connectivity index (χ1v) is 8.59. The Morgan fingerprint density at radius 2 is 2.00 bits per heavy atom. The third-order valence-corrected chi connectivity index (χ3v) is 5.29. The van der Waals surface area contributed by atoms with Crippen molar-refractivity contribution in [3.05, 3.63) is 0 Å². The van der Waals surface area contributed by atoms with Crippen LogP contribution in [0.25, 0.3) is 0 Å². The van der Waals surface area contributed by atoms with Crippen LogP contribution < -0.4 is 10.0 Å². The van der Waals surface area contributed by atoms with Gasteiger partial charge in [-0.25, -0.2) is 13.1 Å². The van der Waals surface area contributed by atoms with E-state index in [1.807, 2.05) is 27.7 Å². The lowest BCUT2D eigenvalue weighted by atomic mass is 9.89. The fourth-order valence-electron chi connectivity index (χ4n) is 1.97. The lowest BCUT2D eigenvalue weighted by Gasteiger charge is -2.28. The lowest BCUT2D eigenvalue weighted by molar-refractivity contribution is 0.317. The van der Waals surface area contributed by atoms with Gasteiger partial charge in [0.2, 0.25) is 10.0 Å². The molecule has 0 amide bonds. The lowest BCUT2D eigenvalue weighted by Crippen LogP contribution is -2.43. The number of sulfonamides is 1. The number of rotatable bonds is 5. The quantitative estimate of drug-likeness (QED) is 0.806. The Morgan fingerprint density at radius 1 is 1.33 bits per heavy atom. The van der Waals surface area contributed by atoms with Gasteiger partial charge in [-0.3, -0.25) is 0 Å². The maximum Gasteiger partial charge on any atom is 0.211 e. The summed E-state index contributed by atoms with van der Waals surface area (Å²) in [6.07, 6.45) is 4.24. The molecule has 0 spiro atoms. The van der Waals surface area contributed by atoms with E-state index in [-0.39, 0.29) is 17.2 Å². The van der Waals surface area contributed by atoms with Gasteiger partial charge < -0.3 is 5.32 Å². The molecule has 18 heavy (non-hydrogen) atoms. The van der Waals surface area contributed by atoms with Crippen LogP contribution >= 0.6 is 0 Å².